The smallest absolute Gasteiger partial charge is 0.242 e. The maximum atomic E-state index is 13.2. The zero-order valence-electron chi connectivity index (χ0n) is 16.9. The Morgan fingerprint density at radius 1 is 1.13 bits per heavy atom. The topological polar surface area (TPSA) is 67.9 Å². The van der Waals surface area contributed by atoms with E-state index in [1.807, 2.05) is 25.1 Å². The van der Waals surface area contributed by atoms with E-state index in [0.717, 1.165) is 11.1 Å². The maximum Gasteiger partial charge on any atom is 0.242 e. The highest BCUT2D eigenvalue weighted by molar-refractivity contribution is 6.35. The molecule has 0 fully saturated rings. The molecule has 6 nitrogen and oxygen atoms in total. The summed E-state index contributed by atoms with van der Waals surface area (Å²) in [6.07, 6.45) is 1.25. The molecular formula is C22H24Cl2N2O4. The predicted octanol–water partition coefficient (Wildman–Crippen LogP) is 4.21. The van der Waals surface area contributed by atoms with Gasteiger partial charge in [-0.3, -0.25) is 9.59 Å². The van der Waals surface area contributed by atoms with Gasteiger partial charge in [-0.05, 0) is 48.2 Å². The number of hydrogen-bond donors (Lipinski definition) is 1. The molecule has 0 saturated carbocycles. The molecule has 8 heteroatoms. The lowest BCUT2D eigenvalue weighted by atomic mass is 10.1. The molecule has 0 saturated heterocycles. The molecular weight excluding hydrogens is 427 g/mol. The van der Waals surface area contributed by atoms with Crippen LogP contribution >= 0.6 is 23.2 Å². The summed E-state index contributed by atoms with van der Waals surface area (Å²) in [5.74, 6) is 1.05. The van der Waals surface area contributed by atoms with Crippen LogP contribution in [0.5, 0.6) is 11.5 Å². The Hall–Kier alpha value is -2.44. The zero-order chi connectivity index (χ0) is 21.7. The van der Waals surface area contributed by atoms with Gasteiger partial charge in [-0.25, -0.2) is 0 Å². The number of benzene rings is 2. The number of carbonyl (C=O) groups excluding carboxylic acids is 2. The van der Waals surface area contributed by atoms with Crippen LogP contribution in [0.3, 0.4) is 0 Å². The van der Waals surface area contributed by atoms with Gasteiger partial charge in [0.05, 0.1) is 0 Å². The number of fused-ring (bicyclic) bond motifs is 1. The van der Waals surface area contributed by atoms with Crippen molar-refractivity contribution in [3.63, 3.8) is 0 Å². The average molecular weight is 451 g/mol. The van der Waals surface area contributed by atoms with E-state index in [2.05, 4.69) is 5.32 Å². The van der Waals surface area contributed by atoms with E-state index in [1.165, 1.54) is 0 Å². The SMILES string of the molecule is CCC(C(=O)NC)N(Cc1ccc(Cl)cc1Cl)C(=O)CCc1ccc2c(c1)OCO2. The number of nitrogens with zero attached hydrogens (tertiary/aromatic N) is 1. The quantitative estimate of drug-likeness (QED) is 0.653. The Kier molecular flexibility index (Phi) is 7.45. The third kappa shape index (κ3) is 5.18. The first-order valence-corrected chi connectivity index (χ1v) is 10.5. The van der Waals surface area contributed by atoms with E-state index in [9.17, 15) is 9.59 Å². The molecule has 160 valence electrons. The Morgan fingerprint density at radius 2 is 1.90 bits per heavy atom. The normalized spacial score (nSPS) is 13.1. The van der Waals surface area contributed by atoms with E-state index in [-0.39, 0.29) is 31.6 Å². The molecule has 0 aromatic heterocycles. The summed E-state index contributed by atoms with van der Waals surface area (Å²) < 4.78 is 10.7. The zero-order valence-corrected chi connectivity index (χ0v) is 18.4. The third-order valence-electron chi connectivity index (χ3n) is 5.05. The van der Waals surface area contributed by atoms with Gasteiger partial charge in [0.2, 0.25) is 18.6 Å². The van der Waals surface area contributed by atoms with Crippen molar-refractivity contribution >= 4 is 35.0 Å². The van der Waals surface area contributed by atoms with Crippen LogP contribution in [0.4, 0.5) is 0 Å². The summed E-state index contributed by atoms with van der Waals surface area (Å²) in [4.78, 5) is 27.2. The number of carbonyl (C=O) groups is 2. The molecule has 2 aromatic carbocycles. The molecule has 1 aliphatic heterocycles. The number of aryl methyl sites for hydroxylation is 1. The summed E-state index contributed by atoms with van der Waals surface area (Å²) in [5, 5.41) is 3.62. The number of rotatable bonds is 8. The minimum absolute atomic E-state index is 0.130. The van der Waals surface area contributed by atoms with Crippen LogP contribution in [0.2, 0.25) is 10.0 Å². The van der Waals surface area contributed by atoms with Crippen LogP contribution in [0, 0.1) is 0 Å². The minimum atomic E-state index is -0.592. The van der Waals surface area contributed by atoms with Gasteiger partial charge < -0.3 is 19.7 Å². The summed E-state index contributed by atoms with van der Waals surface area (Å²) in [7, 11) is 1.57. The second kappa shape index (κ2) is 10.0. The lowest BCUT2D eigenvalue weighted by molar-refractivity contribution is -0.141. The van der Waals surface area contributed by atoms with Crippen LogP contribution in [-0.4, -0.2) is 36.6 Å². The maximum absolute atomic E-state index is 13.2. The van der Waals surface area contributed by atoms with Crippen molar-refractivity contribution in [2.75, 3.05) is 13.8 Å². The van der Waals surface area contributed by atoms with Crippen LogP contribution in [0.25, 0.3) is 0 Å². The fraction of sp³-hybridized carbons (Fsp3) is 0.364. The van der Waals surface area contributed by atoms with E-state index >= 15 is 0 Å². The summed E-state index contributed by atoms with van der Waals surface area (Å²) in [5.41, 5.74) is 1.70. The van der Waals surface area contributed by atoms with Crippen molar-refractivity contribution in [3.05, 3.63) is 57.6 Å². The van der Waals surface area contributed by atoms with Crippen LogP contribution in [0.15, 0.2) is 36.4 Å². The molecule has 3 rings (SSSR count). The van der Waals surface area contributed by atoms with Gasteiger partial charge >= 0.3 is 0 Å². The molecule has 1 atom stereocenters. The van der Waals surface area contributed by atoms with Gasteiger partial charge in [0.1, 0.15) is 6.04 Å². The predicted molar refractivity (Wildman–Crippen MR) is 116 cm³/mol. The highest BCUT2D eigenvalue weighted by atomic mass is 35.5. The highest BCUT2D eigenvalue weighted by Crippen LogP contribution is 2.33. The first-order chi connectivity index (χ1) is 14.4. The molecule has 2 amide bonds. The fourth-order valence-corrected chi connectivity index (χ4v) is 3.88. The number of ether oxygens (including phenoxy) is 2. The van der Waals surface area contributed by atoms with E-state index in [4.69, 9.17) is 32.7 Å². The van der Waals surface area contributed by atoms with E-state index in [1.54, 1.807) is 30.1 Å². The average Bonchev–Trinajstić information content (AvgIpc) is 3.21. The molecule has 1 heterocycles. The Labute approximate surface area is 186 Å². The molecule has 0 spiro atoms. The number of hydrogen-bond acceptors (Lipinski definition) is 4. The van der Waals surface area contributed by atoms with Crippen LogP contribution < -0.4 is 14.8 Å². The lowest BCUT2D eigenvalue weighted by Gasteiger charge is -2.30. The number of amides is 2. The largest absolute Gasteiger partial charge is 0.454 e. The number of nitrogens with one attached hydrogen (secondary N) is 1. The minimum Gasteiger partial charge on any atom is -0.454 e. The first-order valence-electron chi connectivity index (χ1n) is 9.76. The van der Waals surface area contributed by atoms with Crippen LogP contribution in [-0.2, 0) is 22.6 Å². The molecule has 2 aromatic rings. The first kappa shape index (κ1) is 22.2. The molecule has 0 aliphatic carbocycles. The number of likely N-dealkylation sites (N-methyl/N-ethyl adjacent to an activating group) is 1. The molecule has 1 unspecified atom stereocenters. The van der Waals surface area contributed by atoms with Crippen molar-refractivity contribution < 1.29 is 19.1 Å². The van der Waals surface area contributed by atoms with Crippen molar-refractivity contribution in [3.8, 4) is 11.5 Å². The van der Waals surface area contributed by atoms with Crippen molar-refractivity contribution in [2.24, 2.45) is 0 Å². The van der Waals surface area contributed by atoms with Gasteiger partial charge in [0.25, 0.3) is 0 Å². The second-order valence-electron chi connectivity index (χ2n) is 6.98. The summed E-state index contributed by atoms with van der Waals surface area (Å²) >= 11 is 12.3. The molecule has 30 heavy (non-hydrogen) atoms. The number of halogens is 2. The van der Waals surface area contributed by atoms with Gasteiger partial charge in [-0.1, -0.05) is 42.3 Å². The van der Waals surface area contributed by atoms with Crippen molar-refractivity contribution in [2.45, 2.75) is 38.8 Å². The summed E-state index contributed by atoms with van der Waals surface area (Å²) in [6.45, 7) is 2.31. The van der Waals surface area contributed by atoms with E-state index < -0.39 is 6.04 Å². The monoisotopic (exact) mass is 450 g/mol. The van der Waals surface area contributed by atoms with Crippen molar-refractivity contribution in [1.82, 2.24) is 10.2 Å². The van der Waals surface area contributed by atoms with Gasteiger partial charge in [0, 0.05) is 30.1 Å². The molecule has 0 radical (unpaired) electrons. The highest BCUT2D eigenvalue weighted by Gasteiger charge is 2.28. The van der Waals surface area contributed by atoms with Crippen LogP contribution in [0.1, 0.15) is 30.9 Å². The Morgan fingerprint density at radius 3 is 2.60 bits per heavy atom. The Balaban J connectivity index is 1.77. The standard InChI is InChI=1S/C22H24Cl2N2O4/c1-3-18(22(28)25-2)26(12-15-6-7-16(23)11-17(15)24)21(27)9-5-14-4-8-19-20(10-14)30-13-29-19/h4,6-8,10-11,18H,3,5,9,12-13H2,1-2H3,(H,25,28). The Bertz CT molecular complexity index is 935. The van der Waals surface area contributed by atoms with Gasteiger partial charge in [-0.2, -0.15) is 0 Å². The molecule has 1 aliphatic rings. The molecule has 0 bridgehead atoms. The summed E-state index contributed by atoms with van der Waals surface area (Å²) in [6, 6.07) is 10.2. The lowest BCUT2D eigenvalue weighted by Crippen LogP contribution is -2.48. The third-order valence-corrected chi connectivity index (χ3v) is 5.64. The van der Waals surface area contributed by atoms with Gasteiger partial charge in [-0.15, -0.1) is 0 Å². The second-order valence-corrected chi connectivity index (χ2v) is 7.83. The molecule has 1 N–H and O–H groups in total. The fourth-order valence-electron chi connectivity index (χ4n) is 3.41. The van der Waals surface area contributed by atoms with Gasteiger partial charge in [0.15, 0.2) is 11.5 Å². The van der Waals surface area contributed by atoms with E-state index in [0.29, 0.717) is 34.4 Å². The van der Waals surface area contributed by atoms with Crippen molar-refractivity contribution in [1.29, 1.82) is 0 Å².